The van der Waals surface area contributed by atoms with Crippen molar-refractivity contribution in [2.45, 2.75) is 4.90 Å². The molecule has 0 aliphatic carbocycles. The number of aromatic nitrogens is 1. The van der Waals surface area contributed by atoms with Crippen molar-refractivity contribution in [2.24, 2.45) is 0 Å². The summed E-state index contributed by atoms with van der Waals surface area (Å²) in [6.07, 6.45) is 1.65. The molecule has 0 fully saturated rings. The molecule has 0 aliphatic heterocycles. The van der Waals surface area contributed by atoms with Gasteiger partial charge in [-0.1, -0.05) is 23.7 Å². The van der Waals surface area contributed by atoms with Crippen molar-refractivity contribution in [3.8, 4) is 0 Å². The molecule has 1 heterocycles. The van der Waals surface area contributed by atoms with Gasteiger partial charge in [0.15, 0.2) is 5.13 Å². The maximum absolute atomic E-state index is 11.6. The van der Waals surface area contributed by atoms with E-state index in [1.54, 1.807) is 6.20 Å². The van der Waals surface area contributed by atoms with Gasteiger partial charge >= 0.3 is 0 Å². The van der Waals surface area contributed by atoms with Gasteiger partial charge in [-0.3, -0.25) is 4.79 Å². The zero-order valence-electron chi connectivity index (χ0n) is 8.72. The quantitative estimate of drug-likeness (QED) is 0.874. The van der Waals surface area contributed by atoms with E-state index in [-0.39, 0.29) is 5.91 Å². The molecule has 0 saturated heterocycles. The van der Waals surface area contributed by atoms with Gasteiger partial charge in [0, 0.05) is 16.5 Å². The maximum Gasteiger partial charge on any atom is 0.236 e. The van der Waals surface area contributed by atoms with Gasteiger partial charge in [-0.15, -0.1) is 23.1 Å². The number of nitrogens with one attached hydrogen (secondary N) is 1. The van der Waals surface area contributed by atoms with Gasteiger partial charge in [0.25, 0.3) is 0 Å². The van der Waals surface area contributed by atoms with Gasteiger partial charge in [0.1, 0.15) is 0 Å². The summed E-state index contributed by atoms with van der Waals surface area (Å²) >= 11 is 8.80. The standard InChI is InChI=1S/C11H9ClN2OS2/c12-8-3-1-2-4-9(8)17-7-10(15)14-11-13-5-6-16-11/h1-6H,7H2,(H,13,14,15). The molecule has 0 spiro atoms. The largest absolute Gasteiger partial charge is 0.301 e. The van der Waals surface area contributed by atoms with E-state index in [4.69, 9.17) is 11.6 Å². The molecule has 0 radical (unpaired) electrons. The summed E-state index contributed by atoms with van der Waals surface area (Å²) in [6.45, 7) is 0. The molecule has 0 aliphatic rings. The fourth-order valence-corrected chi connectivity index (χ4v) is 2.73. The summed E-state index contributed by atoms with van der Waals surface area (Å²) < 4.78 is 0. The predicted molar refractivity (Wildman–Crippen MR) is 72.9 cm³/mol. The van der Waals surface area contributed by atoms with Gasteiger partial charge in [-0.2, -0.15) is 0 Å². The molecule has 17 heavy (non-hydrogen) atoms. The zero-order valence-corrected chi connectivity index (χ0v) is 11.1. The van der Waals surface area contributed by atoms with Gasteiger partial charge in [-0.25, -0.2) is 4.98 Å². The number of thiazole rings is 1. The first kappa shape index (κ1) is 12.4. The first-order chi connectivity index (χ1) is 8.25. The Morgan fingerprint density at radius 3 is 3.00 bits per heavy atom. The van der Waals surface area contributed by atoms with Crippen molar-refractivity contribution in [1.29, 1.82) is 0 Å². The average Bonchev–Trinajstić information content (AvgIpc) is 2.81. The first-order valence-corrected chi connectivity index (χ1v) is 7.06. The van der Waals surface area contributed by atoms with E-state index in [0.29, 0.717) is 15.9 Å². The molecule has 1 amide bonds. The van der Waals surface area contributed by atoms with Crippen LogP contribution in [0.4, 0.5) is 5.13 Å². The second-order valence-corrected chi connectivity index (χ2v) is 5.42. The lowest BCUT2D eigenvalue weighted by Gasteiger charge is -2.03. The molecule has 1 aromatic carbocycles. The zero-order chi connectivity index (χ0) is 12.1. The Hall–Kier alpha value is -1.04. The molecule has 6 heteroatoms. The van der Waals surface area contributed by atoms with E-state index >= 15 is 0 Å². The third-order valence-electron chi connectivity index (χ3n) is 1.87. The van der Waals surface area contributed by atoms with Gasteiger partial charge < -0.3 is 5.32 Å². The van der Waals surface area contributed by atoms with Crippen LogP contribution in [0.1, 0.15) is 0 Å². The molecule has 2 rings (SSSR count). The van der Waals surface area contributed by atoms with Crippen LogP contribution in [-0.4, -0.2) is 16.6 Å². The van der Waals surface area contributed by atoms with Crippen LogP contribution in [0.5, 0.6) is 0 Å². The molecule has 0 atom stereocenters. The Morgan fingerprint density at radius 2 is 2.29 bits per heavy atom. The van der Waals surface area contributed by atoms with Crippen LogP contribution in [0.3, 0.4) is 0 Å². The number of halogens is 1. The topological polar surface area (TPSA) is 42.0 Å². The first-order valence-electron chi connectivity index (χ1n) is 4.82. The van der Waals surface area contributed by atoms with E-state index in [0.717, 1.165) is 4.90 Å². The van der Waals surface area contributed by atoms with Gasteiger partial charge in [0.05, 0.1) is 10.8 Å². The van der Waals surface area contributed by atoms with Crippen LogP contribution in [0.15, 0.2) is 40.7 Å². The molecule has 1 N–H and O–H groups in total. The molecular formula is C11H9ClN2OS2. The Kier molecular flexibility index (Phi) is 4.42. The van der Waals surface area contributed by atoms with Gasteiger partial charge in [0.2, 0.25) is 5.91 Å². The number of carbonyl (C=O) groups is 1. The summed E-state index contributed by atoms with van der Waals surface area (Å²) in [5, 5.41) is 5.82. The smallest absolute Gasteiger partial charge is 0.236 e. The second kappa shape index (κ2) is 6.05. The molecule has 88 valence electrons. The fraction of sp³-hybridized carbons (Fsp3) is 0.0909. The summed E-state index contributed by atoms with van der Waals surface area (Å²) in [5.41, 5.74) is 0. The van der Waals surface area contributed by atoms with E-state index in [9.17, 15) is 4.79 Å². The number of anilines is 1. The lowest BCUT2D eigenvalue weighted by Crippen LogP contribution is -2.13. The third-order valence-corrected chi connectivity index (χ3v) is 4.08. The SMILES string of the molecule is O=C(CSc1ccccc1Cl)Nc1nccs1. The summed E-state index contributed by atoms with van der Waals surface area (Å²) in [4.78, 5) is 16.5. The molecule has 0 unspecified atom stereocenters. The normalized spacial score (nSPS) is 10.2. The summed E-state index contributed by atoms with van der Waals surface area (Å²) in [6, 6.07) is 7.46. The van der Waals surface area contributed by atoms with Crippen LogP contribution in [0, 0.1) is 0 Å². The number of benzene rings is 1. The van der Waals surface area contributed by atoms with Crippen molar-refractivity contribution in [3.63, 3.8) is 0 Å². The Bertz CT molecular complexity index is 502. The van der Waals surface area contributed by atoms with Crippen LogP contribution in [-0.2, 0) is 4.79 Å². The number of nitrogens with zero attached hydrogens (tertiary/aromatic N) is 1. The van der Waals surface area contributed by atoms with Crippen LogP contribution in [0.2, 0.25) is 5.02 Å². The number of hydrogen-bond donors (Lipinski definition) is 1. The van der Waals surface area contributed by atoms with Crippen molar-refractivity contribution in [1.82, 2.24) is 4.98 Å². The Labute approximate surface area is 112 Å². The minimum atomic E-state index is -0.0788. The second-order valence-electron chi connectivity index (χ2n) is 3.10. The van der Waals surface area contributed by atoms with Crippen LogP contribution < -0.4 is 5.32 Å². The number of carbonyl (C=O) groups excluding carboxylic acids is 1. The highest BCUT2D eigenvalue weighted by Gasteiger charge is 2.06. The number of hydrogen-bond acceptors (Lipinski definition) is 4. The summed E-state index contributed by atoms with van der Waals surface area (Å²) in [5.74, 6) is 0.244. The molecule has 3 nitrogen and oxygen atoms in total. The van der Waals surface area contributed by atoms with E-state index in [1.165, 1.54) is 23.1 Å². The number of thioether (sulfide) groups is 1. The van der Waals surface area contributed by atoms with E-state index in [2.05, 4.69) is 10.3 Å². The van der Waals surface area contributed by atoms with Gasteiger partial charge in [-0.05, 0) is 12.1 Å². The Balaban J connectivity index is 1.86. The van der Waals surface area contributed by atoms with Crippen LogP contribution >= 0.6 is 34.7 Å². The molecular weight excluding hydrogens is 276 g/mol. The highest BCUT2D eigenvalue weighted by atomic mass is 35.5. The van der Waals surface area contributed by atoms with E-state index < -0.39 is 0 Å². The fourth-order valence-electron chi connectivity index (χ4n) is 1.15. The van der Waals surface area contributed by atoms with Crippen molar-refractivity contribution < 1.29 is 4.79 Å². The molecule has 2 aromatic rings. The highest BCUT2D eigenvalue weighted by Crippen LogP contribution is 2.26. The van der Waals surface area contributed by atoms with E-state index in [1.807, 2.05) is 29.6 Å². The van der Waals surface area contributed by atoms with Crippen LogP contribution in [0.25, 0.3) is 0 Å². The Morgan fingerprint density at radius 1 is 1.47 bits per heavy atom. The molecule has 1 aromatic heterocycles. The number of amides is 1. The number of rotatable bonds is 4. The average molecular weight is 285 g/mol. The highest BCUT2D eigenvalue weighted by molar-refractivity contribution is 8.00. The van der Waals surface area contributed by atoms with Crippen molar-refractivity contribution in [3.05, 3.63) is 40.9 Å². The van der Waals surface area contributed by atoms with Crippen molar-refractivity contribution >= 4 is 45.7 Å². The predicted octanol–water partition coefficient (Wildman–Crippen LogP) is 3.53. The lowest BCUT2D eigenvalue weighted by atomic mass is 10.4. The monoisotopic (exact) mass is 284 g/mol. The summed E-state index contributed by atoms with van der Waals surface area (Å²) in [7, 11) is 0. The molecule has 0 bridgehead atoms. The minimum absolute atomic E-state index is 0.0788. The maximum atomic E-state index is 11.6. The third kappa shape index (κ3) is 3.73. The lowest BCUT2D eigenvalue weighted by molar-refractivity contribution is -0.113. The minimum Gasteiger partial charge on any atom is -0.301 e. The molecule has 0 saturated carbocycles. The van der Waals surface area contributed by atoms with Crippen molar-refractivity contribution in [2.75, 3.05) is 11.1 Å².